The van der Waals surface area contributed by atoms with Crippen LogP contribution in [0.25, 0.3) is 0 Å². The number of benzene rings is 2. The average molecular weight is 302 g/mol. The van der Waals surface area contributed by atoms with Crippen LogP contribution in [0.3, 0.4) is 0 Å². The minimum atomic E-state index is 0.656. The van der Waals surface area contributed by atoms with E-state index in [9.17, 15) is 0 Å². The zero-order valence-corrected chi connectivity index (χ0v) is 11.5. The van der Waals surface area contributed by atoms with E-state index in [0.717, 1.165) is 21.5 Å². The number of rotatable bonds is 2. The standard InChI is InChI=1S/C14H12BrN3/c1-18(12-5-2-10(9-16)3-6-12)14-7-4-11(17)8-13(14)15/h2-8H,17H2,1H3. The van der Waals surface area contributed by atoms with Crippen molar-refractivity contribution in [3.8, 4) is 6.07 Å². The fraction of sp³-hybridized carbons (Fsp3) is 0.0714. The summed E-state index contributed by atoms with van der Waals surface area (Å²) in [5.74, 6) is 0. The number of nitrogens with two attached hydrogens (primary N) is 1. The lowest BCUT2D eigenvalue weighted by Crippen LogP contribution is -2.10. The van der Waals surface area contributed by atoms with Crippen LogP contribution in [0.4, 0.5) is 17.1 Å². The maximum Gasteiger partial charge on any atom is 0.0991 e. The van der Waals surface area contributed by atoms with Gasteiger partial charge >= 0.3 is 0 Å². The van der Waals surface area contributed by atoms with Crippen LogP contribution in [-0.2, 0) is 0 Å². The molecule has 4 heteroatoms. The average Bonchev–Trinajstić information content (AvgIpc) is 2.38. The van der Waals surface area contributed by atoms with Gasteiger partial charge in [0.15, 0.2) is 0 Å². The molecule has 3 nitrogen and oxygen atoms in total. The second kappa shape index (κ2) is 5.11. The Morgan fingerprint density at radius 3 is 2.39 bits per heavy atom. The molecule has 0 aliphatic carbocycles. The molecule has 2 aromatic rings. The second-order valence-corrected chi connectivity index (χ2v) is 4.78. The van der Waals surface area contributed by atoms with Gasteiger partial charge in [0.25, 0.3) is 0 Å². The summed E-state index contributed by atoms with van der Waals surface area (Å²) in [5.41, 5.74) is 9.13. The first-order chi connectivity index (χ1) is 8.61. The monoisotopic (exact) mass is 301 g/mol. The van der Waals surface area contributed by atoms with E-state index >= 15 is 0 Å². The highest BCUT2D eigenvalue weighted by Crippen LogP contribution is 2.32. The zero-order chi connectivity index (χ0) is 13.1. The molecule has 2 aromatic carbocycles. The van der Waals surface area contributed by atoms with Crippen LogP contribution in [0, 0.1) is 11.3 Å². The Hall–Kier alpha value is -1.99. The van der Waals surface area contributed by atoms with Crippen molar-refractivity contribution >= 4 is 33.0 Å². The number of hydrogen-bond donors (Lipinski definition) is 1. The molecule has 0 fully saturated rings. The van der Waals surface area contributed by atoms with E-state index in [0.29, 0.717) is 5.56 Å². The smallest absolute Gasteiger partial charge is 0.0991 e. The van der Waals surface area contributed by atoms with Gasteiger partial charge in [0.2, 0.25) is 0 Å². The lowest BCUT2D eigenvalue weighted by atomic mass is 10.2. The number of anilines is 3. The molecule has 0 amide bonds. The second-order valence-electron chi connectivity index (χ2n) is 3.93. The maximum atomic E-state index is 8.77. The van der Waals surface area contributed by atoms with E-state index in [1.807, 2.05) is 42.3 Å². The highest BCUT2D eigenvalue weighted by atomic mass is 79.9. The molecule has 0 aliphatic rings. The minimum absolute atomic E-state index is 0.656. The molecule has 0 heterocycles. The fourth-order valence-corrected chi connectivity index (χ4v) is 2.36. The highest BCUT2D eigenvalue weighted by Gasteiger charge is 2.08. The summed E-state index contributed by atoms with van der Waals surface area (Å²) < 4.78 is 0.939. The Labute approximate surface area is 115 Å². The van der Waals surface area contributed by atoms with Gasteiger partial charge in [0, 0.05) is 22.9 Å². The first kappa shape index (κ1) is 12.5. The molecule has 0 unspecified atom stereocenters. The number of halogens is 1. The van der Waals surface area contributed by atoms with Gasteiger partial charge in [-0.25, -0.2) is 0 Å². The Balaban J connectivity index is 2.35. The van der Waals surface area contributed by atoms with E-state index in [1.165, 1.54) is 0 Å². The summed E-state index contributed by atoms with van der Waals surface area (Å²) in [5, 5.41) is 8.77. The van der Waals surface area contributed by atoms with Crippen molar-refractivity contribution in [2.75, 3.05) is 17.7 Å². The van der Waals surface area contributed by atoms with Gasteiger partial charge in [0.1, 0.15) is 0 Å². The third-order valence-corrected chi connectivity index (χ3v) is 3.35. The van der Waals surface area contributed by atoms with Crippen molar-refractivity contribution in [3.63, 3.8) is 0 Å². The highest BCUT2D eigenvalue weighted by molar-refractivity contribution is 9.10. The summed E-state index contributed by atoms with van der Waals surface area (Å²) in [6, 6.07) is 15.2. The maximum absolute atomic E-state index is 8.77. The molecule has 0 radical (unpaired) electrons. The quantitative estimate of drug-likeness (QED) is 0.861. The number of nitrogen functional groups attached to an aromatic ring is 1. The summed E-state index contributed by atoms with van der Waals surface area (Å²) in [7, 11) is 1.97. The van der Waals surface area contributed by atoms with Crippen LogP contribution in [0.2, 0.25) is 0 Å². The van der Waals surface area contributed by atoms with E-state index in [1.54, 1.807) is 12.1 Å². The number of nitriles is 1. The molecule has 0 atom stereocenters. The molecule has 2 rings (SSSR count). The van der Waals surface area contributed by atoms with Crippen LogP contribution in [-0.4, -0.2) is 7.05 Å². The predicted octanol–water partition coefficient (Wildman–Crippen LogP) is 3.67. The largest absolute Gasteiger partial charge is 0.399 e. The van der Waals surface area contributed by atoms with Gasteiger partial charge in [0.05, 0.1) is 17.3 Å². The van der Waals surface area contributed by atoms with Crippen LogP contribution in [0.1, 0.15) is 5.56 Å². The Morgan fingerprint density at radius 2 is 1.83 bits per heavy atom. The minimum Gasteiger partial charge on any atom is -0.399 e. The number of nitrogens with zero attached hydrogens (tertiary/aromatic N) is 2. The van der Waals surface area contributed by atoms with Gasteiger partial charge in [-0.15, -0.1) is 0 Å². The van der Waals surface area contributed by atoms with E-state index in [-0.39, 0.29) is 0 Å². The van der Waals surface area contributed by atoms with Crippen LogP contribution in [0.15, 0.2) is 46.9 Å². The summed E-state index contributed by atoms with van der Waals surface area (Å²) in [6.45, 7) is 0. The predicted molar refractivity (Wildman–Crippen MR) is 77.8 cm³/mol. The van der Waals surface area contributed by atoms with E-state index in [2.05, 4.69) is 22.0 Å². The summed E-state index contributed by atoms with van der Waals surface area (Å²) in [4.78, 5) is 2.03. The van der Waals surface area contributed by atoms with Crippen molar-refractivity contribution < 1.29 is 0 Å². The van der Waals surface area contributed by atoms with Crippen molar-refractivity contribution in [1.29, 1.82) is 5.26 Å². The molecule has 2 N–H and O–H groups in total. The first-order valence-electron chi connectivity index (χ1n) is 5.41. The van der Waals surface area contributed by atoms with Crippen LogP contribution < -0.4 is 10.6 Å². The molecule has 0 saturated heterocycles. The van der Waals surface area contributed by atoms with E-state index in [4.69, 9.17) is 11.0 Å². The van der Waals surface area contributed by atoms with Gasteiger partial charge in [-0.05, 0) is 58.4 Å². The molecular formula is C14H12BrN3. The number of hydrogen-bond acceptors (Lipinski definition) is 3. The van der Waals surface area contributed by atoms with E-state index < -0.39 is 0 Å². The van der Waals surface area contributed by atoms with Crippen molar-refractivity contribution in [2.45, 2.75) is 0 Å². The molecule has 90 valence electrons. The lowest BCUT2D eigenvalue weighted by molar-refractivity contribution is 1.20. The molecule has 0 bridgehead atoms. The molecular weight excluding hydrogens is 290 g/mol. The van der Waals surface area contributed by atoms with Gasteiger partial charge in [-0.1, -0.05) is 0 Å². The van der Waals surface area contributed by atoms with Crippen molar-refractivity contribution in [3.05, 3.63) is 52.5 Å². The van der Waals surface area contributed by atoms with Crippen LogP contribution in [0.5, 0.6) is 0 Å². The SMILES string of the molecule is CN(c1ccc(C#N)cc1)c1ccc(N)cc1Br. The zero-order valence-electron chi connectivity index (χ0n) is 9.89. The summed E-state index contributed by atoms with van der Waals surface area (Å²) >= 11 is 3.50. The topological polar surface area (TPSA) is 53.0 Å². The Bertz CT molecular complexity index is 599. The van der Waals surface area contributed by atoms with Gasteiger partial charge in [-0.2, -0.15) is 5.26 Å². The summed E-state index contributed by atoms with van der Waals surface area (Å²) in [6.07, 6.45) is 0. The third kappa shape index (κ3) is 2.47. The van der Waals surface area contributed by atoms with Gasteiger partial charge in [-0.3, -0.25) is 0 Å². The van der Waals surface area contributed by atoms with Gasteiger partial charge < -0.3 is 10.6 Å². The first-order valence-corrected chi connectivity index (χ1v) is 6.20. The lowest BCUT2D eigenvalue weighted by Gasteiger charge is -2.21. The molecule has 0 aromatic heterocycles. The van der Waals surface area contributed by atoms with Crippen molar-refractivity contribution in [2.24, 2.45) is 0 Å². The normalized spacial score (nSPS) is 9.83. The molecule has 0 aliphatic heterocycles. The molecule has 0 saturated carbocycles. The Morgan fingerprint density at radius 1 is 1.17 bits per heavy atom. The molecule has 0 spiro atoms. The molecule has 18 heavy (non-hydrogen) atoms. The van der Waals surface area contributed by atoms with Crippen molar-refractivity contribution in [1.82, 2.24) is 0 Å². The third-order valence-electron chi connectivity index (χ3n) is 2.72. The van der Waals surface area contributed by atoms with Crippen LogP contribution >= 0.6 is 15.9 Å². The Kier molecular flexibility index (Phi) is 3.54. The fourth-order valence-electron chi connectivity index (χ4n) is 1.69.